The van der Waals surface area contributed by atoms with Crippen molar-refractivity contribution in [2.45, 2.75) is 33.5 Å². The lowest BCUT2D eigenvalue weighted by atomic mass is 10.2. The Balaban J connectivity index is 1.60. The molecule has 0 bridgehead atoms. The number of rotatable bonds is 8. The molecule has 1 aromatic heterocycles. The lowest BCUT2D eigenvalue weighted by Gasteiger charge is -2.16. The summed E-state index contributed by atoms with van der Waals surface area (Å²) in [4.78, 5) is 29.4. The third-order valence-corrected chi connectivity index (χ3v) is 5.21. The Hall–Kier alpha value is -3.39. The summed E-state index contributed by atoms with van der Waals surface area (Å²) in [5, 5.41) is 5.63. The second kappa shape index (κ2) is 10.1. The molecule has 0 fully saturated rings. The predicted octanol–water partition coefficient (Wildman–Crippen LogP) is 4.53. The van der Waals surface area contributed by atoms with E-state index in [1.165, 1.54) is 14.0 Å². The van der Waals surface area contributed by atoms with Crippen molar-refractivity contribution in [1.29, 1.82) is 0 Å². The number of methoxy groups -OCH3 is 1. The number of aryl methyl sites for hydroxylation is 2. The number of ether oxygens (including phenoxy) is 3. The first-order valence-corrected chi connectivity index (χ1v) is 10.5. The number of benzene rings is 2. The molecule has 0 aliphatic rings. The minimum absolute atomic E-state index is 0.291. The van der Waals surface area contributed by atoms with Gasteiger partial charge in [-0.1, -0.05) is 12.1 Å². The molecule has 1 N–H and O–H groups in total. The number of esters is 1. The third-order valence-electron chi connectivity index (χ3n) is 4.39. The first-order valence-electron chi connectivity index (χ1n) is 9.66. The topological polar surface area (TPSA) is 86.8 Å². The zero-order chi connectivity index (χ0) is 22.4. The molecule has 1 heterocycles. The SMILES string of the molecule is COc1ccc(C)cc1NC(=O)C(C)OC(=O)c1cccc(OCc2csc(C)n2)c1. The van der Waals surface area contributed by atoms with Gasteiger partial charge in [0.15, 0.2) is 6.10 Å². The number of nitrogens with zero attached hydrogens (tertiary/aromatic N) is 1. The van der Waals surface area contributed by atoms with Crippen LogP contribution in [0.4, 0.5) is 5.69 Å². The Morgan fingerprint density at radius 1 is 1.16 bits per heavy atom. The Morgan fingerprint density at radius 2 is 1.97 bits per heavy atom. The van der Waals surface area contributed by atoms with Gasteiger partial charge in [0.05, 0.1) is 29.1 Å². The van der Waals surface area contributed by atoms with Crippen molar-refractivity contribution in [3.05, 3.63) is 69.7 Å². The van der Waals surface area contributed by atoms with Gasteiger partial charge in [0, 0.05) is 5.38 Å². The molecule has 0 radical (unpaired) electrons. The number of aromatic nitrogens is 1. The lowest BCUT2D eigenvalue weighted by molar-refractivity contribution is -0.123. The van der Waals surface area contributed by atoms with E-state index in [0.717, 1.165) is 16.3 Å². The van der Waals surface area contributed by atoms with E-state index in [9.17, 15) is 9.59 Å². The monoisotopic (exact) mass is 440 g/mol. The van der Waals surface area contributed by atoms with E-state index in [-0.39, 0.29) is 0 Å². The van der Waals surface area contributed by atoms with Crippen LogP contribution in [0.25, 0.3) is 0 Å². The van der Waals surface area contributed by atoms with Gasteiger partial charge in [-0.15, -0.1) is 11.3 Å². The summed E-state index contributed by atoms with van der Waals surface area (Å²) >= 11 is 1.55. The van der Waals surface area contributed by atoms with Crippen molar-refractivity contribution in [3.63, 3.8) is 0 Å². The number of anilines is 1. The Labute approximate surface area is 185 Å². The minimum atomic E-state index is -1.000. The highest BCUT2D eigenvalue weighted by Gasteiger charge is 2.20. The first kappa shape index (κ1) is 22.3. The van der Waals surface area contributed by atoms with Crippen molar-refractivity contribution >= 4 is 28.9 Å². The quantitative estimate of drug-likeness (QED) is 0.518. The molecule has 2 aromatic carbocycles. The van der Waals surface area contributed by atoms with Gasteiger partial charge in [-0.3, -0.25) is 4.79 Å². The van der Waals surface area contributed by atoms with Crippen molar-refractivity contribution < 1.29 is 23.8 Å². The summed E-state index contributed by atoms with van der Waals surface area (Å²) in [6, 6.07) is 12.1. The maximum atomic E-state index is 12.5. The van der Waals surface area contributed by atoms with Crippen LogP contribution >= 0.6 is 11.3 Å². The summed E-state index contributed by atoms with van der Waals surface area (Å²) in [6.45, 7) is 5.65. The molecule has 8 heteroatoms. The second-order valence-corrected chi connectivity index (χ2v) is 7.98. The highest BCUT2D eigenvalue weighted by Crippen LogP contribution is 2.25. The van der Waals surface area contributed by atoms with Crippen LogP contribution in [0.3, 0.4) is 0 Å². The van der Waals surface area contributed by atoms with Crippen LogP contribution in [-0.4, -0.2) is 30.1 Å². The van der Waals surface area contributed by atoms with E-state index in [2.05, 4.69) is 10.3 Å². The maximum Gasteiger partial charge on any atom is 0.339 e. The van der Waals surface area contributed by atoms with Crippen LogP contribution in [-0.2, 0) is 16.1 Å². The molecule has 1 unspecified atom stereocenters. The summed E-state index contributed by atoms with van der Waals surface area (Å²) in [5.41, 5.74) is 2.60. The van der Waals surface area contributed by atoms with Gasteiger partial charge in [0.25, 0.3) is 5.91 Å². The molecule has 3 aromatic rings. The van der Waals surface area contributed by atoms with Crippen LogP contribution in [0.15, 0.2) is 47.8 Å². The largest absolute Gasteiger partial charge is 0.495 e. The van der Waals surface area contributed by atoms with E-state index in [4.69, 9.17) is 14.2 Å². The number of hydrogen-bond acceptors (Lipinski definition) is 7. The number of amides is 1. The minimum Gasteiger partial charge on any atom is -0.495 e. The third kappa shape index (κ3) is 6.05. The molecule has 3 rings (SSSR count). The van der Waals surface area contributed by atoms with Crippen LogP contribution < -0.4 is 14.8 Å². The van der Waals surface area contributed by atoms with Crippen LogP contribution in [0.2, 0.25) is 0 Å². The van der Waals surface area contributed by atoms with E-state index in [1.807, 2.05) is 25.3 Å². The molecule has 0 spiro atoms. The highest BCUT2D eigenvalue weighted by atomic mass is 32.1. The van der Waals surface area contributed by atoms with E-state index < -0.39 is 18.0 Å². The number of hydrogen-bond donors (Lipinski definition) is 1. The smallest absolute Gasteiger partial charge is 0.339 e. The van der Waals surface area contributed by atoms with Crippen molar-refractivity contribution in [2.24, 2.45) is 0 Å². The summed E-state index contributed by atoms with van der Waals surface area (Å²) < 4.78 is 16.3. The molecule has 1 atom stereocenters. The van der Waals surface area contributed by atoms with E-state index in [1.54, 1.807) is 47.7 Å². The fraction of sp³-hybridized carbons (Fsp3) is 0.261. The van der Waals surface area contributed by atoms with Crippen LogP contribution in [0.1, 0.15) is 33.5 Å². The molecular weight excluding hydrogens is 416 g/mol. The van der Waals surface area contributed by atoms with Crippen molar-refractivity contribution in [1.82, 2.24) is 4.98 Å². The molecule has 1 amide bonds. The molecule has 0 saturated carbocycles. The highest BCUT2D eigenvalue weighted by molar-refractivity contribution is 7.09. The molecular formula is C23H24N2O5S. The van der Waals surface area contributed by atoms with Gasteiger partial charge in [-0.2, -0.15) is 0 Å². The van der Waals surface area contributed by atoms with Gasteiger partial charge in [-0.25, -0.2) is 9.78 Å². The first-order chi connectivity index (χ1) is 14.9. The van der Waals surface area contributed by atoms with Gasteiger partial charge in [0.2, 0.25) is 0 Å². The van der Waals surface area contributed by atoms with Gasteiger partial charge >= 0.3 is 5.97 Å². The zero-order valence-electron chi connectivity index (χ0n) is 17.8. The molecule has 162 valence electrons. The Bertz CT molecular complexity index is 1080. The van der Waals surface area contributed by atoms with Crippen molar-refractivity contribution in [3.8, 4) is 11.5 Å². The Kier molecular flexibility index (Phi) is 7.25. The number of thiazole rings is 1. The second-order valence-electron chi connectivity index (χ2n) is 6.91. The average Bonchev–Trinajstić information content (AvgIpc) is 3.17. The van der Waals surface area contributed by atoms with Gasteiger partial charge in [0.1, 0.15) is 18.1 Å². The fourth-order valence-electron chi connectivity index (χ4n) is 2.78. The van der Waals surface area contributed by atoms with Gasteiger partial charge < -0.3 is 19.5 Å². The van der Waals surface area contributed by atoms with Gasteiger partial charge in [-0.05, 0) is 56.7 Å². The summed E-state index contributed by atoms with van der Waals surface area (Å²) in [7, 11) is 1.52. The van der Waals surface area contributed by atoms with E-state index in [0.29, 0.717) is 29.4 Å². The lowest BCUT2D eigenvalue weighted by Crippen LogP contribution is -2.30. The predicted molar refractivity (Wildman–Crippen MR) is 119 cm³/mol. The number of nitrogens with one attached hydrogen (secondary N) is 1. The van der Waals surface area contributed by atoms with Crippen LogP contribution in [0.5, 0.6) is 11.5 Å². The standard InChI is InChI=1S/C23H24N2O5S/c1-14-8-9-21(28-4)20(10-14)25-22(26)15(2)30-23(27)17-6-5-7-19(11-17)29-12-18-13-31-16(3)24-18/h5-11,13,15H,12H2,1-4H3,(H,25,26). The number of carbonyl (C=O) groups is 2. The maximum absolute atomic E-state index is 12.5. The summed E-state index contributed by atoms with van der Waals surface area (Å²) in [6.07, 6.45) is -1.000. The van der Waals surface area contributed by atoms with Crippen LogP contribution in [0, 0.1) is 13.8 Å². The van der Waals surface area contributed by atoms with E-state index >= 15 is 0 Å². The normalized spacial score (nSPS) is 11.5. The summed E-state index contributed by atoms with van der Waals surface area (Å²) in [5.74, 6) is -0.0308. The molecule has 31 heavy (non-hydrogen) atoms. The molecule has 0 aliphatic heterocycles. The zero-order valence-corrected chi connectivity index (χ0v) is 18.6. The molecule has 0 aliphatic carbocycles. The average molecular weight is 441 g/mol. The van der Waals surface area contributed by atoms with Crippen molar-refractivity contribution in [2.75, 3.05) is 12.4 Å². The molecule has 0 saturated heterocycles. The Morgan fingerprint density at radius 3 is 2.68 bits per heavy atom. The fourth-order valence-corrected chi connectivity index (χ4v) is 3.38. The molecule has 7 nitrogen and oxygen atoms in total. The number of carbonyl (C=O) groups excluding carboxylic acids is 2.